The highest BCUT2D eigenvalue weighted by atomic mass is 35.5. The number of methoxy groups -OCH3 is 1. The first-order valence-electron chi connectivity index (χ1n) is 7.26. The van der Waals surface area contributed by atoms with Crippen LogP contribution in [0.15, 0.2) is 18.2 Å². The predicted octanol–water partition coefficient (Wildman–Crippen LogP) is 2.48. The van der Waals surface area contributed by atoms with E-state index in [2.05, 4.69) is 10.6 Å². The number of benzene rings is 1. The molecule has 0 radical (unpaired) electrons. The summed E-state index contributed by atoms with van der Waals surface area (Å²) < 4.78 is 5.16. The summed E-state index contributed by atoms with van der Waals surface area (Å²) in [5, 5.41) is 5.97. The summed E-state index contributed by atoms with van der Waals surface area (Å²) in [4.78, 5) is 25.1. The minimum absolute atomic E-state index is 0.202. The minimum atomic E-state index is -0.326. The average Bonchev–Trinajstić information content (AvgIpc) is 2.89. The van der Waals surface area contributed by atoms with Gasteiger partial charge in [-0.1, -0.05) is 11.6 Å². The molecule has 0 unspecified atom stereocenters. The Morgan fingerprint density at radius 1 is 1.45 bits per heavy atom. The van der Waals surface area contributed by atoms with Gasteiger partial charge in [-0.15, -0.1) is 0 Å². The van der Waals surface area contributed by atoms with Crippen LogP contribution in [0.1, 0.15) is 19.3 Å². The molecule has 1 aliphatic heterocycles. The molecule has 3 amide bonds. The zero-order chi connectivity index (χ0) is 15.9. The van der Waals surface area contributed by atoms with Gasteiger partial charge in [0.15, 0.2) is 0 Å². The van der Waals surface area contributed by atoms with E-state index < -0.39 is 0 Å². The fourth-order valence-electron chi connectivity index (χ4n) is 2.36. The van der Waals surface area contributed by atoms with E-state index in [9.17, 15) is 9.59 Å². The molecule has 1 saturated heterocycles. The quantitative estimate of drug-likeness (QED) is 0.789. The zero-order valence-corrected chi connectivity index (χ0v) is 13.3. The van der Waals surface area contributed by atoms with Crippen LogP contribution in [0.25, 0.3) is 0 Å². The lowest BCUT2D eigenvalue weighted by Crippen LogP contribution is -2.33. The standard InChI is InChI=1S/C15H20ClN3O3/c1-22-13-6-5-11(16)10-12(13)18-15(21)17-7-3-9-19-8-2-4-14(19)20/h5-6,10H,2-4,7-9H2,1H3,(H2,17,18,21). The Balaban J connectivity index is 1.74. The van der Waals surface area contributed by atoms with E-state index in [-0.39, 0.29) is 11.9 Å². The van der Waals surface area contributed by atoms with Crippen LogP contribution >= 0.6 is 11.6 Å². The van der Waals surface area contributed by atoms with Crippen molar-refractivity contribution in [3.05, 3.63) is 23.2 Å². The van der Waals surface area contributed by atoms with Gasteiger partial charge in [-0.05, 0) is 31.0 Å². The van der Waals surface area contributed by atoms with E-state index in [1.807, 2.05) is 4.90 Å². The summed E-state index contributed by atoms with van der Waals surface area (Å²) in [6.07, 6.45) is 2.30. The molecular weight excluding hydrogens is 306 g/mol. The van der Waals surface area contributed by atoms with E-state index in [1.165, 1.54) is 7.11 Å². The van der Waals surface area contributed by atoms with Crippen LogP contribution in [0, 0.1) is 0 Å². The number of carbonyl (C=O) groups is 2. The first-order chi connectivity index (χ1) is 10.6. The summed E-state index contributed by atoms with van der Waals surface area (Å²) >= 11 is 5.91. The van der Waals surface area contributed by atoms with Crippen LogP contribution < -0.4 is 15.4 Å². The smallest absolute Gasteiger partial charge is 0.319 e. The molecule has 0 aliphatic carbocycles. The second kappa shape index (κ2) is 7.89. The molecule has 1 aromatic rings. The Hall–Kier alpha value is -1.95. The van der Waals surface area contributed by atoms with Crippen molar-refractivity contribution in [3.63, 3.8) is 0 Å². The summed E-state index contributed by atoms with van der Waals surface area (Å²) in [7, 11) is 1.53. The van der Waals surface area contributed by atoms with E-state index in [0.717, 1.165) is 19.4 Å². The Morgan fingerprint density at radius 2 is 2.27 bits per heavy atom. The van der Waals surface area contributed by atoms with Crippen molar-refractivity contribution in [1.82, 2.24) is 10.2 Å². The minimum Gasteiger partial charge on any atom is -0.495 e. The molecule has 0 bridgehead atoms. The maximum Gasteiger partial charge on any atom is 0.319 e. The van der Waals surface area contributed by atoms with Crippen molar-refractivity contribution >= 4 is 29.2 Å². The molecule has 0 aromatic heterocycles. The molecule has 1 heterocycles. The van der Waals surface area contributed by atoms with Gasteiger partial charge in [0, 0.05) is 31.1 Å². The molecule has 1 aliphatic rings. The summed E-state index contributed by atoms with van der Waals surface area (Å²) in [5.41, 5.74) is 0.516. The molecule has 120 valence electrons. The topological polar surface area (TPSA) is 70.7 Å². The molecule has 1 fully saturated rings. The lowest BCUT2D eigenvalue weighted by atomic mass is 10.3. The fraction of sp³-hybridized carbons (Fsp3) is 0.467. The average molecular weight is 326 g/mol. The SMILES string of the molecule is COc1ccc(Cl)cc1NC(=O)NCCCN1CCCC1=O. The third kappa shape index (κ3) is 4.53. The van der Waals surface area contributed by atoms with E-state index in [4.69, 9.17) is 16.3 Å². The van der Waals surface area contributed by atoms with Crippen LogP contribution in [-0.2, 0) is 4.79 Å². The zero-order valence-electron chi connectivity index (χ0n) is 12.5. The van der Waals surface area contributed by atoms with Crippen molar-refractivity contribution in [2.45, 2.75) is 19.3 Å². The third-order valence-corrected chi connectivity index (χ3v) is 3.71. The van der Waals surface area contributed by atoms with Gasteiger partial charge >= 0.3 is 6.03 Å². The van der Waals surface area contributed by atoms with Gasteiger partial charge in [-0.2, -0.15) is 0 Å². The van der Waals surface area contributed by atoms with Crippen LogP contribution in [0.3, 0.4) is 0 Å². The number of halogens is 1. The van der Waals surface area contributed by atoms with Crippen LogP contribution in [0.2, 0.25) is 5.02 Å². The maximum atomic E-state index is 11.9. The van der Waals surface area contributed by atoms with Crippen molar-refractivity contribution < 1.29 is 14.3 Å². The van der Waals surface area contributed by atoms with Gasteiger partial charge < -0.3 is 20.3 Å². The number of hydrogen-bond acceptors (Lipinski definition) is 3. The molecule has 6 nitrogen and oxygen atoms in total. The number of carbonyl (C=O) groups excluding carboxylic acids is 2. The molecule has 0 spiro atoms. The van der Waals surface area contributed by atoms with Gasteiger partial charge in [0.1, 0.15) is 5.75 Å². The Kier molecular flexibility index (Phi) is 5.89. The Labute approximate surface area is 134 Å². The van der Waals surface area contributed by atoms with Crippen molar-refractivity contribution in [2.24, 2.45) is 0 Å². The summed E-state index contributed by atoms with van der Waals surface area (Å²) in [6.45, 7) is 2.00. The first kappa shape index (κ1) is 16.4. The Bertz CT molecular complexity index is 551. The molecule has 2 N–H and O–H groups in total. The van der Waals surface area contributed by atoms with Gasteiger partial charge in [0.2, 0.25) is 5.91 Å². The first-order valence-corrected chi connectivity index (χ1v) is 7.64. The van der Waals surface area contributed by atoms with Crippen LogP contribution in [0.4, 0.5) is 10.5 Å². The number of rotatable bonds is 6. The van der Waals surface area contributed by atoms with Crippen LogP contribution in [-0.4, -0.2) is 43.6 Å². The number of ether oxygens (including phenoxy) is 1. The third-order valence-electron chi connectivity index (χ3n) is 3.47. The van der Waals surface area contributed by atoms with E-state index >= 15 is 0 Å². The van der Waals surface area contributed by atoms with Gasteiger partial charge in [-0.3, -0.25) is 4.79 Å². The monoisotopic (exact) mass is 325 g/mol. The second-order valence-corrected chi connectivity index (χ2v) is 5.50. The van der Waals surface area contributed by atoms with E-state index in [0.29, 0.717) is 36.0 Å². The lowest BCUT2D eigenvalue weighted by Gasteiger charge is -2.15. The highest BCUT2D eigenvalue weighted by Gasteiger charge is 2.19. The normalized spacial score (nSPS) is 14.1. The molecule has 0 atom stereocenters. The second-order valence-electron chi connectivity index (χ2n) is 5.06. The predicted molar refractivity (Wildman–Crippen MR) is 85.5 cm³/mol. The van der Waals surface area contributed by atoms with Crippen molar-refractivity contribution in [3.8, 4) is 5.75 Å². The number of anilines is 1. The highest BCUT2D eigenvalue weighted by Crippen LogP contribution is 2.27. The summed E-state index contributed by atoms with van der Waals surface area (Å²) in [5.74, 6) is 0.746. The molecule has 7 heteroatoms. The molecule has 2 rings (SSSR count). The number of likely N-dealkylation sites (tertiary alicyclic amines) is 1. The molecular formula is C15H20ClN3O3. The van der Waals surface area contributed by atoms with Crippen molar-refractivity contribution in [2.75, 3.05) is 32.1 Å². The number of nitrogens with one attached hydrogen (secondary N) is 2. The molecule has 22 heavy (non-hydrogen) atoms. The van der Waals surface area contributed by atoms with Crippen LogP contribution in [0.5, 0.6) is 5.75 Å². The Morgan fingerprint density at radius 3 is 2.95 bits per heavy atom. The highest BCUT2D eigenvalue weighted by molar-refractivity contribution is 6.31. The molecule has 1 aromatic carbocycles. The molecule has 0 saturated carbocycles. The number of urea groups is 1. The number of hydrogen-bond donors (Lipinski definition) is 2. The van der Waals surface area contributed by atoms with E-state index in [1.54, 1.807) is 18.2 Å². The van der Waals surface area contributed by atoms with Crippen molar-refractivity contribution in [1.29, 1.82) is 0 Å². The van der Waals surface area contributed by atoms with Gasteiger partial charge in [0.25, 0.3) is 0 Å². The maximum absolute atomic E-state index is 11.9. The summed E-state index contributed by atoms with van der Waals surface area (Å²) in [6, 6.07) is 4.68. The lowest BCUT2D eigenvalue weighted by molar-refractivity contribution is -0.127. The number of nitrogens with zero attached hydrogens (tertiary/aromatic N) is 1. The number of amides is 3. The van der Waals surface area contributed by atoms with Gasteiger partial charge in [0.05, 0.1) is 12.8 Å². The largest absolute Gasteiger partial charge is 0.495 e. The van der Waals surface area contributed by atoms with Gasteiger partial charge in [-0.25, -0.2) is 4.79 Å². The fourth-order valence-corrected chi connectivity index (χ4v) is 2.53.